The van der Waals surface area contributed by atoms with Crippen LogP contribution >= 0.6 is 0 Å². The predicted octanol–water partition coefficient (Wildman–Crippen LogP) is 7.66. The van der Waals surface area contributed by atoms with Crippen molar-refractivity contribution in [3.8, 4) is 0 Å². The van der Waals surface area contributed by atoms with Crippen LogP contribution in [0.2, 0.25) is 0 Å². The molecule has 2 aliphatic heterocycles. The highest BCUT2D eigenvalue weighted by Crippen LogP contribution is 2.36. The Kier molecular flexibility index (Phi) is 18.0. The molecule has 1 N–H and O–H groups in total. The highest BCUT2D eigenvalue weighted by atomic mass is 16.8. The van der Waals surface area contributed by atoms with Crippen molar-refractivity contribution in [3.05, 3.63) is 251 Å². The maximum absolute atomic E-state index is 14.5. The van der Waals surface area contributed by atoms with Gasteiger partial charge in [-0.3, -0.25) is 0 Å². The maximum Gasteiger partial charge on any atom is 0.338 e. The van der Waals surface area contributed by atoms with Crippen LogP contribution in [-0.2, 0) is 47.4 Å². The van der Waals surface area contributed by atoms with Gasteiger partial charge < -0.3 is 52.5 Å². The molecule has 2 saturated heterocycles. The number of carbonyl (C=O) groups excluding carboxylic acids is 7. The number of hydrogen-bond donors (Lipinski definition) is 1. The van der Waals surface area contributed by atoms with Gasteiger partial charge in [0.05, 0.1) is 38.9 Å². The summed E-state index contributed by atoms with van der Waals surface area (Å²) in [5.41, 5.74) is 0.298. The van der Waals surface area contributed by atoms with E-state index in [1.165, 1.54) is 84.9 Å². The van der Waals surface area contributed by atoms with Crippen LogP contribution in [0.25, 0.3) is 0 Å². The van der Waals surface area contributed by atoms with Crippen molar-refractivity contribution in [1.82, 2.24) is 0 Å². The van der Waals surface area contributed by atoms with Crippen molar-refractivity contribution in [3.63, 3.8) is 0 Å². The van der Waals surface area contributed by atoms with Crippen LogP contribution in [0.4, 0.5) is 0 Å². The lowest BCUT2D eigenvalue weighted by atomic mass is 9.95. The minimum atomic E-state index is -2.12. The summed E-state index contributed by atoms with van der Waals surface area (Å²) in [5, 5.41) is 11.9. The van der Waals surface area contributed by atoms with E-state index in [-0.39, 0.29) is 38.9 Å². The van der Waals surface area contributed by atoms with Gasteiger partial charge in [-0.2, -0.15) is 0 Å². The first kappa shape index (κ1) is 54.5. The van der Waals surface area contributed by atoms with Crippen molar-refractivity contribution in [1.29, 1.82) is 0 Å². The molecule has 0 amide bonds. The maximum atomic E-state index is 14.5. The first-order valence-electron chi connectivity index (χ1n) is 24.9. The SMILES string of the molecule is O=C(OC[C@H]1O[C@@H](O[C@H]2[C@H](OC(=O)c3ccccc3)[C@H](OC(=O)c3ccccc3)[C@@H](O)O[C@@H]2COC(=O)c2ccccc2)[C@H](OC(=O)c2ccccc2)[C@@H](OC(=O)c2ccccc2)[C@H]1OC(=O)c1ccccc1)c1ccccc1. The van der Waals surface area contributed by atoms with E-state index in [1.807, 2.05) is 0 Å². The van der Waals surface area contributed by atoms with Gasteiger partial charge in [0, 0.05) is 0 Å². The Morgan fingerprint density at radius 1 is 0.304 bits per heavy atom. The molecule has 0 aliphatic carbocycles. The lowest BCUT2D eigenvalue weighted by Gasteiger charge is -2.48. The highest BCUT2D eigenvalue weighted by molar-refractivity contribution is 5.93. The fourth-order valence-electron chi connectivity index (χ4n) is 8.59. The number of carbonyl (C=O) groups is 7. The molecule has 2 fully saturated rings. The second kappa shape index (κ2) is 26.1. The Morgan fingerprint density at radius 2 is 0.557 bits per heavy atom. The first-order chi connectivity index (χ1) is 38.5. The summed E-state index contributed by atoms with van der Waals surface area (Å²) in [7, 11) is 0. The summed E-state index contributed by atoms with van der Waals surface area (Å²) in [6.45, 7) is -1.50. The fourth-order valence-corrected chi connectivity index (χ4v) is 8.59. The van der Waals surface area contributed by atoms with E-state index in [9.17, 15) is 38.7 Å². The van der Waals surface area contributed by atoms with Crippen LogP contribution < -0.4 is 0 Å². The number of hydrogen-bond acceptors (Lipinski definition) is 18. The topological polar surface area (TPSA) is 232 Å². The molecule has 79 heavy (non-hydrogen) atoms. The molecule has 402 valence electrons. The van der Waals surface area contributed by atoms with Crippen LogP contribution in [0.1, 0.15) is 72.5 Å². The van der Waals surface area contributed by atoms with E-state index in [4.69, 9.17) is 47.4 Å². The van der Waals surface area contributed by atoms with Crippen LogP contribution in [-0.4, -0.2) is 122 Å². The normalized spacial score (nSPS) is 22.4. The quantitative estimate of drug-likeness (QED) is 0.0642. The van der Waals surface area contributed by atoms with Crippen molar-refractivity contribution in [2.45, 2.75) is 61.4 Å². The predicted molar refractivity (Wildman–Crippen MR) is 276 cm³/mol. The van der Waals surface area contributed by atoms with Gasteiger partial charge in [-0.15, -0.1) is 0 Å². The number of rotatable bonds is 18. The van der Waals surface area contributed by atoms with Crippen molar-refractivity contribution in [2.24, 2.45) is 0 Å². The van der Waals surface area contributed by atoms with Gasteiger partial charge >= 0.3 is 41.8 Å². The highest BCUT2D eigenvalue weighted by Gasteiger charge is 2.58. The van der Waals surface area contributed by atoms with E-state index < -0.39 is 116 Å². The zero-order chi connectivity index (χ0) is 55.1. The van der Waals surface area contributed by atoms with Gasteiger partial charge in [-0.05, 0) is 84.9 Å². The fraction of sp³-hybridized carbons (Fsp3) is 0.197. The van der Waals surface area contributed by atoms with Gasteiger partial charge in [0.1, 0.15) is 31.5 Å². The van der Waals surface area contributed by atoms with Crippen LogP contribution in [0.3, 0.4) is 0 Å². The number of esters is 7. The van der Waals surface area contributed by atoms with Crippen LogP contribution in [0.5, 0.6) is 0 Å². The van der Waals surface area contributed by atoms with Crippen molar-refractivity contribution < 1.29 is 86.0 Å². The molecule has 2 aliphatic rings. The van der Waals surface area contributed by atoms with Gasteiger partial charge in [-0.25, -0.2) is 33.6 Å². The molecule has 0 bridgehead atoms. The Labute approximate surface area is 452 Å². The molecule has 0 unspecified atom stereocenters. The Balaban J connectivity index is 1.18. The van der Waals surface area contributed by atoms with E-state index in [0.717, 1.165) is 0 Å². The summed E-state index contributed by atoms with van der Waals surface area (Å²) >= 11 is 0. The molecule has 0 saturated carbocycles. The molecule has 2 heterocycles. The third kappa shape index (κ3) is 13.8. The smallest absolute Gasteiger partial charge is 0.338 e. The minimum absolute atomic E-state index is 0.00210. The Hall–Kier alpha value is -9.33. The molecule has 0 aromatic heterocycles. The summed E-state index contributed by atoms with van der Waals surface area (Å²) in [6, 6.07) is 54.1. The molecule has 7 aromatic rings. The van der Waals surface area contributed by atoms with Gasteiger partial charge in [0.2, 0.25) is 0 Å². The molecule has 10 atom stereocenters. The lowest BCUT2D eigenvalue weighted by molar-refractivity contribution is -0.352. The summed E-state index contributed by atoms with van der Waals surface area (Å²) in [5.74, 6) is -6.72. The number of benzene rings is 7. The lowest BCUT2D eigenvalue weighted by Crippen LogP contribution is -2.67. The van der Waals surface area contributed by atoms with E-state index in [0.29, 0.717) is 0 Å². The molecule has 18 heteroatoms. The largest absolute Gasteiger partial charge is 0.459 e. The summed E-state index contributed by atoms with van der Waals surface area (Å²) in [6.07, 6.45) is -19.0. The number of aliphatic hydroxyl groups is 1. The molecule has 0 spiro atoms. The first-order valence-corrected chi connectivity index (χ1v) is 24.9. The molecular formula is C61H50O18. The molecular weight excluding hydrogens is 1020 g/mol. The Morgan fingerprint density at radius 3 is 0.886 bits per heavy atom. The molecule has 7 aromatic carbocycles. The standard InChI is InChI=1S/C61H50O18/c62-53(38-22-8-1-9-23-38)70-36-45-48(49(75-56(65)41-28-14-4-15-29-41)51(60(69)72-45)77-58(67)43-32-18-6-19-33-43)79-61-52(78-59(68)44-34-20-7-21-35-44)50(76-57(66)42-30-16-5-17-31-42)47(74-55(64)40-26-12-3-13-27-40)46(73-61)37-71-54(63)39-24-10-2-11-25-39/h1-35,45-52,60-61,69H,36-37H2/t45-,46-,47+,48-,49+,50+,51+,52-,60+,61+/m1/s1. The monoisotopic (exact) mass is 1070 g/mol. The second-order valence-electron chi connectivity index (χ2n) is 17.8. The van der Waals surface area contributed by atoms with Crippen LogP contribution in [0.15, 0.2) is 212 Å². The number of ether oxygens (including phenoxy) is 10. The molecule has 9 rings (SSSR count). The third-order valence-corrected chi connectivity index (χ3v) is 12.5. The minimum Gasteiger partial charge on any atom is -0.459 e. The summed E-state index contributed by atoms with van der Waals surface area (Å²) in [4.78, 5) is 98.6. The second-order valence-corrected chi connectivity index (χ2v) is 17.8. The third-order valence-electron chi connectivity index (χ3n) is 12.5. The average Bonchev–Trinajstić information content (AvgIpc) is 3.60. The van der Waals surface area contributed by atoms with Crippen molar-refractivity contribution >= 4 is 41.8 Å². The van der Waals surface area contributed by atoms with E-state index in [1.54, 1.807) is 127 Å². The van der Waals surface area contributed by atoms with E-state index in [2.05, 4.69) is 0 Å². The van der Waals surface area contributed by atoms with Crippen molar-refractivity contribution in [2.75, 3.05) is 13.2 Å². The summed E-state index contributed by atoms with van der Waals surface area (Å²) < 4.78 is 62.0. The van der Waals surface area contributed by atoms with E-state index >= 15 is 0 Å². The average molecular weight is 1070 g/mol. The zero-order valence-electron chi connectivity index (χ0n) is 41.8. The van der Waals surface area contributed by atoms with Gasteiger partial charge in [0.25, 0.3) is 0 Å². The van der Waals surface area contributed by atoms with Crippen LogP contribution in [0, 0.1) is 0 Å². The molecule has 0 radical (unpaired) electrons. The Bertz CT molecular complexity index is 3170. The number of aliphatic hydroxyl groups excluding tert-OH is 1. The van der Waals surface area contributed by atoms with Gasteiger partial charge in [0.15, 0.2) is 43.1 Å². The van der Waals surface area contributed by atoms with Gasteiger partial charge in [-0.1, -0.05) is 127 Å². The zero-order valence-corrected chi connectivity index (χ0v) is 41.8. The molecule has 18 nitrogen and oxygen atoms in total.